The van der Waals surface area contributed by atoms with E-state index in [1.807, 2.05) is 0 Å². The van der Waals surface area contributed by atoms with Crippen molar-refractivity contribution >= 4 is 15.9 Å². The first-order valence-corrected chi connectivity index (χ1v) is 4.58. The second kappa shape index (κ2) is 3.69. The number of ether oxygens (including phenoxy) is 1. The van der Waals surface area contributed by atoms with E-state index in [9.17, 15) is 0 Å². The van der Waals surface area contributed by atoms with E-state index in [0.717, 1.165) is 19.3 Å². The van der Waals surface area contributed by atoms with Crippen LogP contribution >= 0.6 is 15.9 Å². The summed E-state index contributed by atoms with van der Waals surface area (Å²) in [5.74, 6) is 0. The van der Waals surface area contributed by atoms with Crippen LogP contribution in [0, 0.1) is 0 Å². The summed E-state index contributed by atoms with van der Waals surface area (Å²) in [6, 6.07) is 0.346. The van der Waals surface area contributed by atoms with Crippen molar-refractivity contribution in [2.24, 2.45) is 5.73 Å². The van der Waals surface area contributed by atoms with Gasteiger partial charge >= 0.3 is 0 Å². The van der Waals surface area contributed by atoms with Gasteiger partial charge < -0.3 is 10.5 Å². The Hall–Kier alpha value is 0.400. The molecule has 0 saturated heterocycles. The van der Waals surface area contributed by atoms with Crippen LogP contribution in [0.1, 0.15) is 19.3 Å². The Kier molecular flexibility index (Phi) is 3.14. The van der Waals surface area contributed by atoms with E-state index in [2.05, 4.69) is 15.9 Å². The minimum atomic E-state index is 0.323. The van der Waals surface area contributed by atoms with Gasteiger partial charge in [0.25, 0.3) is 0 Å². The fraction of sp³-hybridized carbons (Fsp3) is 1.00. The van der Waals surface area contributed by atoms with E-state index < -0.39 is 0 Å². The van der Waals surface area contributed by atoms with Crippen LogP contribution in [-0.4, -0.2) is 24.1 Å². The Labute approximate surface area is 70.2 Å². The van der Waals surface area contributed by atoms with Crippen molar-refractivity contribution in [2.75, 3.05) is 7.11 Å². The molecule has 0 radical (unpaired) electrons. The maximum atomic E-state index is 5.76. The molecule has 3 unspecified atom stereocenters. The lowest BCUT2D eigenvalue weighted by molar-refractivity contribution is 0.0715. The van der Waals surface area contributed by atoms with Gasteiger partial charge in [-0.2, -0.15) is 0 Å². The van der Waals surface area contributed by atoms with E-state index in [1.54, 1.807) is 7.11 Å². The summed E-state index contributed by atoms with van der Waals surface area (Å²) >= 11 is 3.56. The SMILES string of the molecule is COC1CC(N)CCC1Br. The average molecular weight is 208 g/mol. The van der Waals surface area contributed by atoms with Gasteiger partial charge in [0.05, 0.1) is 6.10 Å². The first kappa shape index (κ1) is 8.50. The highest BCUT2D eigenvalue weighted by atomic mass is 79.9. The summed E-state index contributed by atoms with van der Waals surface area (Å²) in [5.41, 5.74) is 5.76. The van der Waals surface area contributed by atoms with E-state index in [4.69, 9.17) is 10.5 Å². The lowest BCUT2D eigenvalue weighted by Crippen LogP contribution is -2.38. The summed E-state index contributed by atoms with van der Waals surface area (Å²) < 4.78 is 5.25. The molecule has 0 aromatic heterocycles. The fourth-order valence-corrected chi connectivity index (χ4v) is 2.06. The predicted octanol–water partition coefficient (Wildman–Crippen LogP) is 1.28. The van der Waals surface area contributed by atoms with Crippen molar-refractivity contribution in [3.8, 4) is 0 Å². The van der Waals surface area contributed by atoms with Crippen LogP contribution in [0.3, 0.4) is 0 Å². The molecule has 0 heterocycles. The molecule has 0 bridgehead atoms. The third-order valence-corrected chi connectivity index (χ3v) is 3.10. The van der Waals surface area contributed by atoms with Gasteiger partial charge in [-0.3, -0.25) is 0 Å². The summed E-state index contributed by atoms with van der Waals surface area (Å²) in [6.07, 6.45) is 3.57. The molecule has 3 atom stereocenters. The number of hydrogen-bond acceptors (Lipinski definition) is 2. The molecule has 2 N–H and O–H groups in total. The monoisotopic (exact) mass is 207 g/mol. The maximum Gasteiger partial charge on any atom is 0.0711 e. The highest BCUT2D eigenvalue weighted by Crippen LogP contribution is 2.25. The smallest absolute Gasteiger partial charge is 0.0711 e. The molecule has 0 aromatic rings. The number of rotatable bonds is 1. The number of alkyl halides is 1. The van der Waals surface area contributed by atoms with E-state index >= 15 is 0 Å². The molecule has 3 heteroatoms. The summed E-state index contributed by atoms with van der Waals surface area (Å²) in [6.45, 7) is 0. The molecule has 0 spiro atoms. The molecule has 1 fully saturated rings. The zero-order valence-electron chi connectivity index (χ0n) is 6.22. The van der Waals surface area contributed by atoms with Crippen LogP contribution < -0.4 is 5.73 Å². The van der Waals surface area contributed by atoms with Crippen LogP contribution in [0.5, 0.6) is 0 Å². The summed E-state index contributed by atoms with van der Waals surface area (Å²) in [4.78, 5) is 0.511. The van der Waals surface area contributed by atoms with Crippen molar-refractivity contribution in [1.82, 2.24) is 0 Å². The summed E-state index contributed by atoms with van der Waals surface area (Å²) in [5, 5.41) is 0. The van der Waals surface area contributed by atoms with E-state index in [1.165, 1.54) is 0 Å². The fourth-order valence-electron chi connectivity index (χ4n) is 1.37. The molecule has 60 valence electrons. The van der Waals surface area contributed by atoms with Gasteiger partial charge in [-0.15, -0.1) is 0 Å². The molecule has 1 aliphatic carbocycles. The van der Waals surface area contributed by atoms with Gasteiger partial charge in [0.2, 0.25) is 0 Å². The molecule has 0 aliphatic heterocycles. The van der Waals surface area contributed by atoms with Crippen molar-refractivity contribution in [2.45, 2.75) is 36.2 Å². The number of hydrogen-bond donors (Lipinski definition) is 1. The maximum absolute atomic E-state index is 5.76. The van der Waals surface area contributed by atoms with Crippen molar-refractivity contribution in [1.29, 1.82) is 0 Å². The Balaban J connectivity index is 2.38. The van der Waals surface area contributed by atoms with Crippen molar-refractivity contribution < 1.29 is 4.74 Å². The van der Waals surface area contributed by atoms with E-state index in [0.29, 0.717) is 17.0 Å². The number of nitrogens with two attached hydrogens (primary N) is 1. The Bertz CT molecular complexity index is 110. The molecule has 1 saturated carbocycles. The quantitative estimate of drug-likeness (QED) is 0.658. The largest absolute Gasteiger partial charge is 0.380 e. The summed E-state index contributed by atoms with van der Waals surface area (Å²) in [7, 11) is 1.75. The lowest BCUT2D eigenvalue weighted by atomic mass is 9.93. The molecule has 10 heavy (non-hydrogen) atoms. The lowest BCUT2D eigenvalue weighted by Gasteiger charge is -2.29. The van der Waals surface area contributed by atoms with Crippen molar-refractivity contribution in [3.05, 3.63) is 0 Å². The highest BCUT2D eigenvalue weighted by molar-refractivity contribution is 9.09. The normalized spacial score (nSPS) is 41.7. The molecule has 2 nitrogen and oxygen atoms in total. The van der Waals surface area contributed by atoms with Gasteiger partial charge in [-0.1, -0.05) is 15.9 Å². The number of halogens is 1. The third-order valence-electron chi connectivity index (χ3n) is 2.05. The highest BCUT2D eigenvalue weighted by Gasteiger charge is 2.26. The zero-order valence-corrected chi connectivity index (χ0v) is 7.80. The topological polar surface area (TPSA) is 35.2 Å². The minimum Gasteiger partial charge on any atom is -0.380 e. The molecular weight excluding hydrogens is 194 g/mol. The molecule has 0 amide bonds. The second-order valence-corrected chi connectivity index (χ2v) is 4.04. The zero-order chi connectivity index (χ0) is 7.56. The Morgan fingerprint density at radius 2 is 2.20 bits per heavy atom. The Morgan fingerprint density at radius 1 is 1.50 bits per heavy atom. The average Bonchev–Trinajstić information content (AvgIpc) is 1.94. The third kappa shape index (κ3) is 1.94. The Morgan fingerprint density at radius 3 is 2.70 bits per heavy atom. The standard InChI is InChI=1S/C7H14BrNO/c1-10-7-4-5(9)2-3-6(7)8/h5-7H,2-4,9H2,1H3. The van der Waals surface area contributed by atoms with Gasteiger partial charge in [-0.25, -0.2) is 0 Å². The van der Waals surface area contributed by atoms with Crippen LogP contribution in [0.25, 0.3) is 0 Å². The van der Waals surface area contributed by atoms with Gasteiger partial charge in [0.1, 0.15) is 0 Å². The molecular formula is C7H14BrNO. The number of methoxy groups -OCH3 is 1. The van der Waals surface area contributed by atoms with Crippen molar-refractivity contribution in [3.63, 3.8) is 0 Å². The molecule has 1 aliphatic rings. The molecule has 1 rings (SSSR count). The van der Waals surface area contributed by atoms with Crippen LogP contribution in [0.4, 0.5) is 0 Å². The predicted molar refractivity (Wildman–Crippen MR) is 45.3 cm³/mol. The van der Waals surface area contributed by atoms with Crippen LogP contribution in [0.15, 0.2) is 0 Å². The van der Waals surface area contributed by atoms with Gasteiger partial charge in [0.15, 0.2) is 0 Å². The van der Waals surface area contributed by atoms with E-state index in [-0.39, 0.29) is 0 Å². The second-order valence-electron chi connectivity index (χ2n) is 2.86. The first-order valence-electron chi connectivity index (χ1n) is 3.66. The van der Waals surface area contributed by atoms with Gasteiger partial charge in [-0.05, 0) is 19.3 Å². The minimum absolute atomic E-state index is 0.323. The van der Waals surface area contributed by atoms with Crippen LogP contribution in [0.2, 0.25) is 0 Å². The first-order chi connectivity index (χ1) is 4.74. The van der Waals surface area contributed by atoms with Crippen LogP contribution in [-0.2, 0) is 4.74 Å². The molecule has 0 aromatic carbocycles. The van der Waals surface area contributed by atoms with Gasteiger partial charge in [0, 0.05) is 18.0 Å².